The van der Waals surface area contributed by atoms with Gasteiger partial charge in [-0.05, 0) is 37.0 Å². The SMILES string of the molecule is CC(C)C(NS(=O)(=O)c1ccccc1)C(=O)NC1CCc2cc(n[nH]2)CCNC(=O)C1=O. The minimum atomic E-state index is -3.96. The highest BCUT2D eigenvalue weighted by molar-refractivity contribution is 7.89. The Morgan fingerprint density at radius 2 is 1.88 bits per heavy atom. The van der Waals surface area contributed by atoms with Gasteiger partial charge in [0.2, 0.25) is 21.7 Å². The Kier molecular flexibility index (Phi) is 7.41. The van der Waals surface area contributed by atoms with Gasteiger partial charge in [-0.25, -0.2) is 8.42 Å². The Balaban J connectivity index is 1.77. The van der Waals surface area contributed by atoms with Gasteiger partial charge in [0.05, 0.1) is 16.6 Å². The van der Waals surface area contributed by atoms with E-state index in [0.29, 0.717) is 12.8 Å². The summed E-state index contributed by atoms with van der Waals surface area (Å²) in [5, 5.41) is 12.2. The normalized spacial score (nSPS) is 18.5. The van der Waals surface area contributed by atoms with Crippen molar-refractivity contribution in [1.29, 1.82) is 0 Å². The Labute approximate surface area is 186 Å². The van der Waals surface area contributed by atoms with Gasteiger partial charge in [-0.3, -0.25) is 19.5 Å². The molecule has 1 aliphatic heterocycles. The number of aromatic nitrogens is 2. The van der Waals surface area contributed by atoms with E-state index in [1.807, 2.05) is 6.07 Å². The molecule has 0 aliphatic carbocycles. The number of hydrogen-bond donors (Lipinski definition) is 4. The summed E-state index contributed by atoms with van der Waals surface area (Å²) in [6, 6.07) is 7.32. The van der Waals surface area contributed by atoms with Crippen molar-refractivity contribution in [2.24, 2.45) is 5.92 Å². The van der Waals surface area contributed by atoms with Crippen LogP contribution < -0.4 is 15.4 Å². The van der Waals surface area contributed by atoms with Gasteiger partial charge in [0.15, 0.2) is 0 Å². The lowest BCUT2D eigenvalue weighted by Gasteiger charge is -2.24. The van der Waals surface area contributed by atoms with Crippen molar-refractivity contribution in [3.05, 3.63) is 47.8 Å². The Hall–Kier alpha value is -3.05. The largest absolute Gasteiger partial charge is 0.349 e. The molecule has 2 unspecified atom stereocenters. The number of fused-ring (bicyclic) bond motifs is 2. The van der Waals surface area contributed by atoms with Crippen LogP contribution in [0.15, 0.2) is 41.3 Å². The van der Waals surface area contributed by atoms with Gasteiger partial charge in [-0.1, -0.05) is 32.0 Å². The standard InChI is InChI=1S/C21H27N5O5S/c1-13(2)18(26-32(30,31)16-6-4-3-5-7-16)20(28)23-17-9-8-14-12-15(25-24-14)10-11-22-21(29)19(17)27/h3-7,12-13,17-18,26H,8-11H2,1-2H3,(H,22,29)(H,23,28)(H,24,25). The van der Waals surface area contributed by atoms with Crippen LogP contribution in [0.3, 0.4) is 0 Å². The number of carbonyl (C=O) groups is 3. The van der Waals surface area contributed by atoms with Crippen LogP contribution >= 0.6 is 0 Å². The van der Waals surface area contributed by atoms with E-state index >= 15 is 0 Å². The second-order valence-corrected chi connectivity index (χ2v) is 9.72. The molecule has 3 rings (SSSR count). The summed E-state index contributed by atoms with van der Waals surface area (Å²) in [6.07, 6.45) is 1.03. The molecular formula is C21H27N5O5S. The highest BCUT2D eigenvalue weighted by atomic mass is 32.2. The summed E-state index contributed by atoms with van der Waals surface area (Å²) in [5.74, 6) is -2.65. The predicted molar refractivity (Wildman–Crippen MR) is 116 cm³/mol. The third-order valence-corrected chi connectivity index (χ3v) is 6.65. The Morgan fingerprint density at radius 1 is 1.16 bits per heavy atom. The summed E-state index contributed by atoms with van der Waals surface area (Å²) in [5.41, 5.74) is 1.55. The fourth-order valence-electron chi connectivity index (χ4n) is 3.37. The van der Waals surface area contributed by atoms with E-state index in [1.54, 1.807) is 32.0 Å². The number of nitrogens with zero attached hydrogens (tertiary/aromatic N) is 1. The minimum Gasteiger partial charge on any atom is -0.349 e. The average molecular weight is 462 g/mol. The van der Waals surface area contributed by atoms with Gasteiger partial charge in [0.1, 0.15) is 6.04 Å². The molecule has 0 spiro atoms. The first-order valence-corrected chi connectivity index (χ1v) is 11.9. The molecule has 2 aromatic rings. The van der Waals surface area contributed by atoms with Crippen LogP contribution in [0.1, 0.15) is 31.7 Å². The molecule has 2 bridgehead atoms. The van der Waals surface area contributed by atoms with E-state index in [9.17, 15) is 22.8 Å². The first-order chi connectivity index (χ1) is 15.2. The average Bonchev–Trinajstić information content (AvgIpc) is 3.21. The molecule has 2 heterocycles. The molecule has 2 atom stereocenters. The summed E-state index contributed by atoms with van der Waals surface area (Å²) < 4.78 is 27.9. The first-order valence-electron chi connectivity index (χ1n) is 10.4. The zero-order valence-electron chi connectivity index (χ0n) is 17.9. The van der Waals surface area contributed by atoms with E-state index in [-0.39, 0.29) is 17.9 Å². The van der Waals surface area contributed by atoms with Gasteiger partial charge in [0.25, 0.3) is 5.91 Å². The smallest absolute Gasteiger partial charge is 0.289 e. The van der Waals surface area contributed by atoms with E-state index in [2.05, 4.69) is 25.6 Å². The number of amides is 2. The lowest BCUT2D eigenvalue weighted by Crippen LogP contribution is -2.55. The van der Waals surface area contributed by atoms with Crippen LogP contribution in [0, 0.1) is 5.92 Å². The molecule has 1 aromatic heterocycles. The zero-order valence-corrected chi connectivity index (χ0v) is 18.7. The molecule has 4 N–H and O–H groups in total. The van der Waals surface area contributed by atoms with E-state index in [4.69, 9.17) is 0 Å². The van der Waals surface area contributed by atoms with Crippen LogP contribution in [-0.2, 0) is 37.2 Å². The van der Waals surface area contributed by atoms with Gasteiger partial charge in [-0.2, -0.15) is 9.82 Å². The number of aryl methyl sites for hydroxylation is 1. The van der Waals surface area contributed by atoms with Crippen LogP contribution in [0.4, 0.5) is 0 Å². The van der Waals surface area contributed by atoms with Crippen LogP contribution in [0.5, 0.6) is 0 Å². The summed E-state index contributed by atoms with van der Waals surface area (Å²) in [7, 11) is -3.96. The second kappa shape index (κ2) is 10.0. The lowest BCUT2D eigenvalue weighted by molar-refractivity contribution is -0.140. The third kappa shape index (κ3) is 5.80. The van der Waals surface area contributed by atoms with Gasteiger partial charge in [0, 0.05) is 18.7 Å². The molecule has 1 aliphatic rings. The fourth-order valence-corrected chi connectivity index (χ4v) is 4.74. The summed E-state index contributed by atoms with van der Waals surface area (Å²) >= 11 is 0. The Morgan fingerprint density at radius 3 is 2.56 bits per heavy atom. The highest BCUT2D eigenvalue weighted by Crippen LogP contribution is 2.13. The van der Waals surface area contributed by atoms with E-state index in [1.165, 1.54) is 12.1 Å². The van der Waals surface area contributed by atoms with Crippen molar-refractivity contribution in [2.45, 2.75) is 50.1 Å². The molecule has 172 valence electrons. The monoisotopic (exact) mass is 461 g/mol. The maximum Gasteiger partial charge on any atom is 0.289 e. The number of Topliss-reactive ketones (excluding diaryl/α,β-unsaturated/α-hetero) is 1. The molecule has 11 heteroatoms. The van der Waals surface area contributed by atoms with Crippen LogP contribution in [0.25, 0.3) is 0 Å². The summed E-state index contributed by atoms with van der Waals surface area (Å²) in [4.78, 5) is 38.0. The van der Waals surface area contributed by atoms with Crippen molar-refractivity contribution < 1.29 is 22.8 Å². The number of rotatable bonds is 6. The molecule has 10 nitrogen and oxygen atoms in total. The van der Waals surface area contributed by atoms with Crippen molar-refractivity contribution in [3.63, 3.8) is 0 Å². The minimum absolute atomic E-state index is 0.0268. The molecular weight excluding hydrogens is 434 g/mol. The van der Waals surface area contributed by atoms with Crippen LogP contribution in [-0.4, -0.2) is 54.8 Å². The van der Waals surface area contributed by atoms with E-state index < -0.39 is 45.6 Å². The Bertz CT molecular complexity index is 1080. The topological polar surface area (TPSA) is 150 Å². The predicted octanol–water partition coefficient (Wildman–Crippen LogP) is 0.0716. The molecule has 0 fully saturated rings. The quantitative estimate of drug-likeness (QED) is 0.447. The van der Waals surface area contributed by atoms with E-state index in [0.717, 1.165) is 11.4 Å². The number of benzene rings is 1. The van der Waals surface area contributed by atoms with Crippen molar-refractivity contribution in [2.75, 3.05) is 6.54 Å². The number of carbonyl (C=O) groups excluding carboxylic acids is 3. The number of hydrogen-bond acceptors (Lipinski definition) is 6. The third-order valence-electron chi connectivity index (χ3n) is 5.19. The summed E-state index contributed by atoms with van der Waals surface area (Å²) in [6.45, 7) is 3.62. The number of sulfonamides is 1. The maximum absolute atomic E-state index is 13.0. The van der Waals surface area contributed by atoms with Crippen molar-refractivity contribution in [1.82, 2.24) is 25.6 Å². The highest BCUT2D eigenvalue weighted by Gasteiger charge is 2.33. The van der Waals surface area contributed by atoms with Gasteiger partial charge >= 0.3 is 0 Å². The van der Waals surface area contributed by atoms with Crippen LogP contribution in [0.2, 0.25) is 0 Å². The number of H-pyrrole nitrogens is 1. The lowest BCUT2D eigenvalue weighted by atomic mass is 10.0. The first kappa shape index (κ1) is 23.6. The molecule has 0 saturated carbocycles. The molecule has 0 radical (unpaired) electrons. The van der Waals surface area contributed by atoms with Crippen molar-refractivity contribution in [3.8, 4) is 0 Å². The number of aromatic amines is 1. The zero-order chi connectivity index (χ0) is 23.3. The van der Waals surface area contributed by atoms with Gasteiger partial charge < -0.3 is 10.6 Å². The number of ketones is 1. The second-order valence-electron chi connectivity index (χ2n) is 8.01. The number of nitrogens with one attached hydrogen (secondary N) is 4. The molecule has 0 saturated heterocycles. The molecule has 32 heavy (non-hydrogen) atoms. The molecule has 1 aromatic carbocycles. The maximum atomic E-state index is 13.0. The fraction of sp³-hybridized carbons (Fsp3) is 0.429. The van der Waals surface area contributed by atoms with Gasteiger partial charge in [-0.15, -0.1) is 0 Å². The van der Waals surface area contributed by atoms with Crippen molar-refractivity contribution >= 4 is 27.6 Å². The molecule has 2 amide bonds.